The van der Waals surface area contributed by atoms with E-state index >= 15 is 0 Å². The molecule has 1 aromatic rings. The number of nitrogens with one attached hydrogen (secondary N) is 1. The minimum Gasteiger partial charge on any atom is -0.352 e. The van der Waals surface area contributed by atoms with Crippen LogP contribution in [0.25, 0.3) is 0 Å². The van der Waals surface area contributed by atoms with Crippen molar-refractivity contribution in [3.05, 3.63) is 35.4 Å². The number of carbonyl (C=O) groups excluding carboxylic acids is 2. The van der Waals surface area contributed by atoms with Crippen LogP contribution >= 0.6 is 0 Å². The molecule has 2 fully saturated rings. The molecule has 1 aromatic carbocycles. The van der Waals surface area contributed by atoms with E-state index in [9.17, 15) is 9.59 Å². The average molecular weight is 328 g/mol. The van der Waals surface area contributed by atoms with Gasteiger partial charge in [-0.15, -0.1) is 0 Å². The van der Waals surface area contributed by atoms with Gasteiger partial charge in [-0.2, -0.15) is 0 Å². The number of aryl methyl sites for hydroxylation is 1. The molecule has 0 radical (unpaired) electrons. The summed E-state index contributed by atoms with van der Waals surface area (Å²) in [6.07, 6.45) is 5.68. The van der Waals surface area contributed by atoms with Crippen molar-refractivity contribution in [1.29, 1.82) is 0 Å². The fourth-order valence-corrected chi connectivity index (χ4v) is 3.95. The van der Waals surface area contributed by atoms with Crippen molar-refractivity contribution in [1.82, 2.24) is 10.2 Å². The molecule has 0 aromatic heterocycles. The molecule has 0 bridgehead atoms. The predicted octanol–water partition coefficient (Wildman–Crippen LogP) is 3.04. The highest BCUT2D eigenvalue weighted by Gasteiger charge is 2.32. The molecule has 2 aliphatic rings. The lowest BCUT2D eigenvalue weighted by Gasteiger charge is -2.29. The van der Waals surface area contributed by atoms with Gasteiger partial charge in [-0.05, 0) is 51.0 Å². The lowest BCUT2D eigenvalue weighted by atomic mass is 9.81. The highest BCUT2D eigenvalue weighted by atomic mass is 16.2. The normalized spacial score (nSPS) is 24.0. The van der Waals surface area contributed by atoms with Crippen LogP contribution in [0.5, 0.6) is 0 Å². The number of nitrogens with zero attached hydrogens (tertiary/aromatic N) is 1. The molecule has 0 atom stereocenters. The zero-order valence-corrected chi connectivity index (χ0v) is 14.6. The smallest absolute Gasteiger partial charge is 0.225 e. The quantitative estimate of drug-likeness (QED) is 0.923. The Hall–Kier alpha value is -1.84. The molecule has 2 amide bonds. The first kappa shape index (κ1) is 17.0. The number of carbonyl (C=O) groups is 2. The van der Waals surface area contributed by atoms with Crippen LogP contribution in [0.4, 0.5) is 0 Å². The Morgan fingerprint density at radius 2 is 1.75 bits per heavy atom. The second-order valence-corrected chi connectivity index (χ2v) is 7.29. The van der Waals surface area contributed by atoms with Gasteiger partial charge in [0.05, 0.1) is 0 Å². The first-order valence-electron chi connectivity index (χ1n) is 9.25. The second kappa shape index (κ2) is 7.82. The molecule has 1 aliphatic heterocycles. The Balaban J connectivity index is 1.44. The Morgan fingerprint density at radius 1 is 1.08 bits per heavy atom. The van der Waals surface area contributed by atoms with Crippen molar-refractivity contribution < 1.29 is 9.59 Å². The van der Waals surface area contributed by atoms with E-state index in [0.29, 0.717) is 12.5 Å². The molecule has 4 heteroatoms. The number of likely N-dealkylation sites (tertiary alicyclic amines) is 1. The molecule has 1 saturated heterocycles. The van der Waals surface area contributed by atoms with Crippen LogP contribution in [0.1, 0.15) is 49.7 Å². The van der Waals surface area contributed by atoms with Crippen molar-refractivity contribution in [2.75, 3.05) is 13.1 Å². The molecule has 0 unspecified atom stereocenters. The third-order valence-corrected chi connectivity index (χ3v) is 5.41. The topological polar surface area (TPSA) is 49.4 Å². The Morgan fingerprint density at radius 3 is 2.42 bits per heavy atom. The summed E-state index contributed by atoms with van der Waals surface area (Å²) in [5.74, 6) is 0.677. The van der Waals surface area contributed by atoms with Crippen molar-refractivity contribution >= 4 is 11.8 Å². The highest BCUT2D eigenvalue weighted by Crippen LogP contribution is 2.31. The number of hydrogen-bond donors (Lipinski definition) is 1. The summed E-state index contributed by atoms with van der Waals surface area (Å²) in [4.78, 5) is 26.8. The summed E-state index contributed by atoms with van der Waals surface area (Å²) in [5.41, 5.74) is 2.35. The summed E-state index contributed by atoms with van der Waals surface area (Å²) >= 11 is 0. The lowest BCUT2D eigenvalue weighted by molar-refractivity contribution is -0.137. The van der Waals surface area contributed by atoms with E-state index in [0.717, 1.165) is 57.2 Å². The van der Waals surface area contributed by atoms with Crippen LogP contribution in [-0.2, 0) is 16.1 Å². The van der Waals surface area contributed by atoms with Gasteiger partial charge in [-0.3, -0.25) is 9.59 Å². The molecule has 1 heterocycles. The molecular weight excluding hydrogens is 300 g/mol. The monoisotopic (exact) mass is 328 g/mol. The maximum absolute atomic E-state index is 12.4. The molecule has 4 nitrogen and oxygen atoms in total. The maximum Gasteiger partial charge on any atom is 0.225 e. The molecule has 1 aliphatic carbocycles. The number of rotatable bonds is 4. The van der Waals surface area contributed by atoms with E-state index in [4.69, 9.17) is 0 Å². The molecule has 1 N–H and O–H groups in total. The zero-order chi connectivity index (χ0) is 16.9. The SMILES string of the molecule is Cc1cccc(CNC(=O)C2CCC(C(=O)N3CCCC3)CC2)c1. The minimum atomic E-state index is 0.0671. The summed E-state index contributed by atoms with van der Waals surface area (Å²) in [7, 11) is 0. The molecule has 1 saturated carbocycles. The van der Waals surface area contributed by atoms with E-state index in [1.807, 2.05) is 17.0 Å². The van der Waals surface area contributed by atoms with Crippen LogP contribution in [-0.4, -0.2) is 29.8 Å². The lowest BCUT2D eigenvalue weighted by Crippen LogP contribution is -2.38. The minimum absolute atomic E-state index is 0.0671. The summed E-state index contributed by atoms with van der Waals surface area (Å²) < 4.78 is 0. The zero-order valence-electron chi connectivity index (χ0n) is 14.6. The van der Waals surface area contributed by atoms with Gasteiger partial charge in [0.15, 0.2) is 0 Å². The van der Waals surface area contributed by atoms with Crippen molar-refractivity contribution in [3.8, 4) is 0 Å². The van der Waals surface area contributed by atoms with Gasteiger partial charge in [0.25, 0.3) is 0 Å². The molecule has 24 heavy (non-hydrogen) atoms. The first-order valence-corrected chi connectivity index (χ1v) is 9.25. The standard InChI is InChI=1S/C20H28N2O2/c1-15-5-4-6-16(13-15)14-21-19(23)17-7-9-18(10-8-17)20(24)22-11-2-3-12-22/h4-6,13,17-18H,2-3,7-12,14H2,1H3,(H,21,23). The van der Waals surface area contributed by atoms with E-state index in [1.54, 1.807) is 0 Å². The van der Waals surface area contributed by atoms with Gasteiger partial charge in [0, 0.05) is 31.5 Å². The molecule has 3 rings (SSSR count). The predicted molar refractivity (Wildman–Crippen MR) is 94.3 cm³/mol. The first-order chi connectivity index (χ1) is 11.6. The Labute approximate surface area is 144 Å². The van der Waals surface area contributed by atoms with Gasteiger partial charge < -0.3 is 10.2 Å². The third-order valence-electron chi connectivity index (χ3n) is 5.41. The van der Waals surface area contributed by atoms with E-state index in [2.05, 4.69) is 24.4 Å². The third kappa shape index (κ3) is 4.16. The average Bonchev–Trinajstić information content (AvgIpc) is 3.14. The van der Waals surface area contributed by atoms with Gasteiger partial charge >= 0.3 is 0 Å². The van der Waals surface area contributed by atoms with Gasteiger partial charge in [-0.1, -0.05) is 29.8 Å². The van der Waals surface area contributed by atoms with E-state index in [1.165, 1.54) is 5.56 Å². The molecular formula is C20H28N2O2. The van der Waals surface area contributed by atoms with Crippen molar-refractivity contribution in [2.24, 2.45) is 11.8 Å². The highest BCUT2D eigenvalue weighted by molar-refractivity contribution is 5.81. The van der Waals surface area contributed by atoms with Gasteiger partial charge in [0.1, 0.15) is 0 Å². The second-order valence-electron chi connectivity index (χ2n) is 7.29. The van der Waals surface area contributed by atoms with Crippen LogP contribution < -0.4 is 5.32 Å². The summed E-state index contributed by atoms with van der Waals surface area (Å²) in [6, 6.07) is 8.22. The summed E-state index contributed by atoms with van der Waals surface area (Å²) in [6.45, 7) is 4.50. The van der Waals surface area contributed by atoms with E-state index in [-0.39, 0.29) is 17.7 Å². The fraction of sp³-hybridized carbons (Fsp3) is 0.600. The maximum atomic E-state index is 12.4. The van der Waals surface area contributed by atoms with Crippen LogP contribution in [0, 0.1) is 18.8 Å². The largest absolute Gasteiger partial charge is 0.352 e. The van der Waals surface area contributed by atoms with Gasteiger partial charge in [-0.25, -0.2) is 0 Å². The molecule has 130 valence electrons. The number of amides is 2. The van der Waals surface area contributed by atoms with E-state index < -0.39 is 0 Å². The Kier molecular flexibility index (Phi) is 5.54. The van der Waals surface area contributed by atoms with Crippen LogP contribution in [0.15, 0.2) is 24.3 Å². The molecule has 0 spiro atoms. The van der Waals surface area contributed by atoms with Crippen molar-refractivity contribution in [3.63, 3.8) is 0 Å². The Bertz CT molecular complexity index is 585. The fourth-order valence-electron chi connectivity index (χ4n) is 3.95. The number of benzene rings is 1. The van der Waals surface area contributed by atoms with Crippen LogP contribution in [0.3, 0.4) is 0 Å². The number of hydrogen-bond acceptors (Lipinski definition) is 2. The van der Waals surface area contributed by atoms with Gasteiger partial charge in [0.2, 0.25) is 11.8 Å². The van der Waals surface area contributed by atoms with Crippen molar-refractivity contribution in [2.45, 2.75) is 52.0 Å². The summed E-state index contributed by atoms with van der Waals surface area (Å²) in [5, 5.41) is 3.06. The van der Waals surface area contributed by atoms with Crippen LogP contribution in [0.2, 0.25) is 0 Å².